The van der Waals surface area contributed by atoms with Crippen molar-refractivity contribution in [1.82, 2.24) is 0 Å². The van der Waals surface area contributed by atoms with E-state index in [9.17, 15) is 5.11 Å². The summed E-state index contributed by atoms with van der Waals surface area (Å²) in [6, 6.07) is 4.98. The lowest BCUT2D eigenvalue weighted by molar-refractivity contribution is 0.325. The number of aromatic hydroxyl groups is 1. The zero-order valence-electron chi connectivity index (χ0n) is 8.79. The van der Waals surface area contributed by atoms with Crippen molar-refractivity contribution < 1.29 is 9.84 Å². The van der Waals surface area contributed by atoms with E-state index in [1.54, 1.807) is 24.3 Å². The van der Waals surface area contributed by atoms with E-state index in [-0.39, 0.29) is 11.6 Å². The molecule has 0 aliphatic heterocycles. The summed E-state index contributed by atoms with van der Waals surface area (Å²) in [6.45, 7) is 5.91. The lowest BCUT2D eigenvalue weighted by Gasteiger charge is -2.07. The Labute approximate surface area is 89.5 Å². The molecule has 0 amide bonds. The van der Waals surface area contributed by atoms with Gasteiger partial charge in [-0.25, -0.2) is 0 Å². The van der Waals surface area contributed by atoms with Gasteiger partial charge in [0.25, 0.3) is 0 Å². The third-order valence-electron chi connectivity index (χ3n) is 1.99. The molecule has 0 aliphatic carbocycles. The van der Waals surface area contributed by atoms with Crippen molar-refractivity contribution in [3.8, 4) is 5.75 Å². The molecule has 0 fully saturated rings. The Balaban J connectivity index is 2.96. The molecule has 1 aromatic carbocycles. The smallest absolute Gasteiger partial charge is 0.213 e. The highest BCUT2D eigenvalue weighted by molar-refractivity contribution is 5.92. The first-order chi connectivity index (χ1) is 7.19. The summed E-state index contributed by atoms with van der Waals surface area (Å²) < 4.78 is 5.08. The largest absolute Gasteiger partial charge is 0.508 e. The molecule has 0 aromatic heterocycles. The maximum Gasteiger partial charge on any atom is 0.213 e. The Bertz CT molecular complexity index is 372. The number of rotatable bonds is 4. The van der Waals surface area contributed by atoms with Gasteiger partial charge in [-0.1, -0.05) is 6.08 Å². The quantitative estimate of drug-likeness (QED) is 0.450. The number of nitrogens with one attached hydrogen (secondary N) is 1. The van der Waals surface area contributed by atoms with Crippen LogP contribution in [0.15, 0.2) is 30.9 Å². The number of allylic oxidation sites excluding steroid dienone is 1. The minimum atomic E-state index is 0.128. The van der Waals surface area contributed by atoms with Crippen molar-refractivity contribution in [3.05, 3.63) is 42.0 Å². The van der Waals surface area contributed by atoms with Crippen LogP contribution in [0, 0.1) is 5.41 Å². The number of phenolic OH excluding ortho intramolecular Hbond substituents is 1. The second-order valence-electron chi connectivity index (χ2n) is 3.10. The third-order valence-corrected chi connectivity index (χ3v) is 1.99. The van der Waals surface area contributed by atoms with Crippen LogP contribution in [0.4, 0.5) is 0 Å². The summed E-state index contributed by atoms with van der Waals surface area (Å²) in [5.74, 6) is 0.353. The van der Waals surface area contributed by atoms with Crippen molar-refractivity contribution >= 4 is 5.90 Å². The molecular formula is C12H15NO2. The Morgan fingerprint density at radius 3 is 2.93 bits per heavy atom. The monoisotopic (exact) mass is 205 g/mol. The predicted molar refractivity (Wildman–Crippen MR) is 60.5 cm³/mol. The van der Waals surface area contributed by atoms with E-state index in [0.717, 1.165) is 5.56 Å². The lowest BCUT2D eigenvalue weighted by atomic mass is 10.1. The highest BCUT2D eigenvalue weighted by atomic mass is 16.5. The van der Waals surface area contributed by atoms with Crippen molar-refractivity contribution in [2.75, 3.05) is 6.61 Å². The summed E-state index contributed by atoms with van der Waals surface area (Å²) in [5.41, 5.74) is 1.43. The molecule has 15 heavy (non-hydrogen) atoms. The van der Waals surface area contributed by atoms with Gasteiger partial charge in [-0.05, 0) is 37.1 Å². The summed E-state index contributed by atoms with van der Waals surface area (Å²) in [4.78, 5) is 0. The van der Waals surface area contributed by atoms with Crippen LogP contribution in [-0.4, -0.2) is 17.6 Å². The predicted octanol–water partition coefficient (Wildman–Crippen LogP) is 2.48. The fraction of sp³-hybridized carbons (Fsp3) is 0.250. The Hall–Kier alpha value is -1.77. The fourth-order valence-electron chi connectivity index (χ4n) is 1.27. The molecule has 0 aliphatic rings. The van der Waals surface area contributed by atoms with E-state index in [2.05, 4.69) is 6.58 Å². The molecule has 3 heteroatoms. The van der Waals surface area contributed by atoms with Gasteiger partial charge < -0.3 is 9.84 Å². The molecular weight excluding hydrogens is 190 g/mol. The number of phenols is 1. The maximum absolute atomic E-state index is 9.52. The van der Waals surface area contributed by atoms with Crippen LogP contribution in [0.5, 0.6) is 5.75 Å². The zero-order valence-corrected chi connectivity index (χ0v) is 8.79. The van der Waals surface area contributed by atoms with Crippen molar-refractivity contribution in [1.29, 1.82) is 5.41 Å². The van der Waals surface area contributed by atoms with E-state index in [1.165, 1.54) is 0 Å². The topological polar surface area (TPSA) is 53.3 Å². The first kappa shape index (κ1) is 11.3. The van der Waals surface area contributed by atoms with Crippen LogP contribution in [0.3, 0.4) is 0 Å². The molecule has 0 radical (unpaired) electrons. The molecule has 3 nitrogen and oxygen atoms in total. The average Bonchev–Trinajstić information content (AvgIpc) is 2.22. The molecule has 1 rings (SSSR count). The van der Waals surface area contributed by atoms with Crippen LogP contribution in [0.2, 0.25) is 0 Å². The summed E-state index contributed by atoms with van der Waals surface area (Å²) in [6.07, 6.45) is 2.29. The number of benzene rings is 1. The molecule has 0 bridgehead atoms. The molecule has 0 unspecified atom stereocenters. The highest BCUT2D eigenvalue weighted by Crippen LogP contribution is 2.19. The van der Waals surface area contributed by atoms with Crippen molar-refractivity contribution in [2.24, 2.45) is 0 Å². The first-order valence-electron chi connectivity index (χ1n) is 4.83. The standard InChI is InChI=1S/C12H15NO2/c1-3-5-9-8-10(6-7-11(9)14)12(13)15-4-2/h3,6-8,13-14H,1,4-5H2,2H3. The molecule has 0 saturated carbocycles. The highest BCUT2D eigenvalue weighted by Gasteiger charge is 2.05. The average molecular weight is 205 g/mol. The second-order valence-corrected chi connectivity index (χ2v) is 3.10. The van der Waals surface area contributed by atoms with Gasteiger partial charge in [0.15, 0.2) is 0 Å². The van der Waals surface area contributed by atoms with Crippen LogP contribution >= 0.6 is 0 Å². The zero-order chi connectivity index (χ0) is 11.3. The van der Waals surface area contributed by atoms with Gasteiger partial charge in [-0.15, -0.1) is 6.58 Å². The summed E-state index contributed by atoms with van der Waals surface area (Å²) in [5, 5.41) is 17.1. The summed E-state index contributed by atoms with van der Waals surface area (Å²) in [7, 11) is 0. The van der Waals surface area contributed by atoms with Gasteiger partial charge >= 0.3 is 0 Å². The summed E-state index contributed by atoms with van der Waals surface area (Å²) >= 11 is 0. The minimum Gasteiger partial charge on any atom is -0.508 e. The number of hydrogen-bond acceptors (Lipinski definition) is 3. The Morgan fingerprint density at radius 1 is 1.60 bits per heavy atom. The van der Waals surface area contributed by atoms with Gasteiger partial charge in [-0.2, -0.15) is 0 Å². The SMILES string of the molecule is C=CCc1cc(C(=N)OCC)ccc1O. The van der Waals surface area contributed by atoms with E-state index in [1.807, 2.05) is 6.92 Å². The maximum atomic E-state index is 9.52. The van der Waals surface area contributed by atoms with Crippen molar-refractivity contribution in [3.63, 3.8) is 0 Å². The van der Waals surface area contributed by atoms with E-state index in [0.29, 0.717) is 18.6 Å². The normalized spacial score (nSPS) is 9.67. The Morgan fingerprint density at radius 2 is 2.33 bits per heavy atom. The van der Waals surface area contributed by atoms with Crippen LogP contribution in [0.1, 0.15) is 18.1 Å². The van der Waals surface area contributed by atoms with Crippen LogP contribution in [-0.2, 0) is 11.2 Å². The van der Waals surface area contributed by atoms with Crippen LogP contribution in [0.25, 0.3) is 0 Å². The van der Waals surface area contributed by atoms with Gasteiger partial charge in [0, 0.05) is 5.56 Å². The molecule has 1 aromatic rings. The van der Waals surface area contributed by atoms with Gasteiger partial charge in [0.05, 0.1) is 6.61 Å². The number of ether oxygens (including phenoxy) is 1. The molecule has 0 spiro atoms. The molecule has 0 saturated heterocycles. The molecule has 0 heterocycles. The Kier molecular flexibility index (Phi) is 3.92. The third kappa shape index (κ3) is 2.84. The van der Waals surface area contributed by atoms with E-state index < -0.39 is 0 Å². The molecule has 80 valence electrons. The van der Waals surface area contributed by atoms with Gasteiger partial charge in [0.2, 0.25) is 5.90 Å². The van der Waals surface area contributed by atoms with E-state index in [4.69, 9.17) is 10.1 Å². The van der Waals surface area contributed by atoms with Crippen LogP contribution < -0.4 is 0 Å². The number of hydrogen-bond donors (Lipinski definition) is 2. The second kappa shape index (κ2) is 5.20. The minimum absolute atomic E-state index is 0.128. The first-order valence-corrected chi connectivity index (χ1v) is 4.83. The van der Waals surface area contributed by atoms with Gasteiger partial charge in [-0.3, -0.25) is 5.41 Å². The molecule has 2 N–H and O–H groups in total. The van der Waals surface area contributed by atoms with E-state index >= 15 is 0 Å². The lowest BCUT2D eigenvalue weighted by Crippen LogP contribution is -2.05. The molecule has 0 atom stereocenters. The van der Waals surface area contributed by atoms with Gasteiger partial charge in [0.1, 0.15) is 5.75 Å². The van der Waals surface area contributed by atoms with Crippen molar-refractivity contribution in [2.45, 2.75) is 13.3 Å². The fourth-order valence-corrected chi connectivity index (χ4v) is 1.27.